The average Bonchev–Trinajstić information content (AvgIpc) is 2.95. The van der Waals surface area contributed by atoms with Gasteiger partial charge in [-0.25, -0.2) is 4.39 Å². The van der Waals surface area contributed by atoms with Gasteiger partial charge in [-0.2, -0.15) is 0 Å². The molecular weight excluding hydrogens is 371 g/mol. The molecule has 27 heavy (non-hydrogen) atoms. The van der Waals surface area contributed by atoms with Crippen molar-refractivity contribution in [3.63, 3.8) is 0 Å². The summed E-state index contributed by atoms with van der Waals surface area (Å²) in [6.45, 7) is 0.759. The number of likely N-dealkylation sites (tertiary alicyclic amines) is 1. The Hall–Kier alpha value is -2.60. The Labute approximate surface area is 161 Å². The molecule has 1 saturated heterocycles. The molecule has 2 amide bonds. The van der Waals surface area contributed by atoms with Crippen molar-refractivity contribution in [2.75, 3.05) is 25.0 Å². The van der Waals surface area contributed by atoms with Crippen LogP contribution in [0.25, 0.3) is 0 Å². The van der Waals surface area contributed by atoms with Crippen LogP contribution < -0.4 is 10.1 Å². The highest BCUT2D eigenvalue weighted by Gasteiger charge is 2.48. The number of nitrogens with one attached hydrogen (secondary N) is 1. The molecule has 0 aromatic heterocycles. The number of rotatable bonds is 3. The monoisotopic (exact) mass is 388 g/mol. The van der Waals surface area contributed by atoms with Crippen molar-refractivity contribution in [3.8, 4) is 5.75 Å². The lowest BCUT2D eigenvalue weighted by atomic mass is 9.73. The van der Waals surface area contributed by atoms with Crippen molar-refractivity contribution < 1.29 is 18.7 Å². The van der Waals surface area contributed by atoms with Gasteiger partial charge in [0.15, 0.2) is 6.61 Å². The maximum atomic E-state index is 13.4. The number of hydrogen-bond donors (Lipinski definition) is 1. The molecule has 5 nitrogen and oxygen atoms in total. The van der Waals surface area contributed by atoms with Crippen LogP contribution in [0.15, 0.2) is 42.5 Å². The first kappa shape index (κ1) is 17.8. The van der Waals surface area contributed by atoms with E-state index < -0.39 is 11.2 Å². The number of carbonyl (C=O) groups excluding carboxylic acids is 2. The number of amides is 2. The van der Waals surface area contributed by atoms with Crippen molar-refractivity contribution in [3.05, 3.63) is 58.9 Å². The van der Waals surface area contributed by atoms with Crippen molar-refractivity contribution in [1.29, 1.82) is 0 Å². The first-order chi connectivity index (χ1) is 13.0. The lowest BCUT2D eigenvalue weighted by Crippen LogP contribution is -2.49. The minimum Gasteiger partial charge on any atom is -0.484 e. The molecule has 2 heterocycles. The molecule has 0 unspecified atom stereocenters. The molecule has 1 spiro atoms. The van der Waals surface area contributed by atoms with Gasteiger partial charge >= 0.3 is 0 Å². The normalized spacial score (nSPS) is 17.6. The van der Waals surface area contributed by atoms with E-state index in [2.05, 4.69) is 5.32 Å². The Balaban J connectivity index is 1.38. The number of piperidine rings is 1. The van der Waals surface area contributed by atoms with Crippen LogP contribution in [0.4, 0.5) is 10.1 Å². The molecular formula is C20H18ClFN2O3. The van der Waals surface area contributed by atoms with Gasteiger partial charge < -0.3 is 15.0 Å². The highest BCUT2D eigenvalue weighted by atomic mass is 35.5. The van der Waals surface area contributed by atoms with Crippen LogP contribution in [0, 0.1) is 5.82 Å². The van der Waals surface area contributed by atoms with E-state index >= 15 is 0 Å². The van der Waals surface area contributed by atoms with E-state index in [9.17, 15) is 14.0 Å². The van der Waals surface area contributed by atoms with Crippen molar-refractivity contribution >= 4 is 29.1 Å². The van der Waals surface area contributed by atoms with E-state index in [1.807, 2.05) is 24.3 Å². The average molecular weight is 389 g/mol. The number of anilines is 1. The third kappa shape index (κ3) is 3.14. The summed E-state index contributed by atoms with van der Waals surface area (Å²) in [5.41, 5.74) is 1.30. The number of para-hydroxylation sites is 1. The maximum absolute atomic E-state index is 13.4. The van der Waals surface area contributed by atoms with E-state index in [0.717, 1.165) is 17.3 Å². The molecule has 7 heteroatoms. The third-order valence-electron chi connectivity index (χ3n) is 5.35. The Morgan fingerprint density at radius 3 is 2.70 bits per heavy atom. The number of benzene rings is 2. The van der Waals surface area contributed by atoms with Gasteiger partial charge in [0, 0.05) is 24.8 Å². The topological polar surface area (TPSA) is 58.6 Å². The minimum absolute atomic E-state index is 0.00342. The molecule has 4 rings (SSSR count). The molecule has 0 atom stereocenters. The van der Waals surface area contributed by atoms with Crippen LogP contribution in [-0.4, -0.2) is 36.4 Å². The molecule has 2 aliphatic heterocycles. The van der Waals surface area contributed by atoms with Gasteiger partial charge in [0.05, 0.1) is 10.4 Å². The van der Waals surface area contributed by atoms with Gasteiger partial charge in [-0.1, -0.05) is 29.8 Å². The molecule has 1 fully saturated rings. The first-order valence-electron chi connectivity index (χ1n) is 8.76. The molecule has 0 aliphatic carbocycles. The number of hydrogen-bond acceptors (Lipinski definition) is 3. The van der Waals surface area contributed by atoms with E-state index in [0.29, 0.717) is 25.9 Å². The molecule has 2 aromatic rings. The van der Waals surface area contributed by atoms with Gasteiger partial charge in [-0.15, -0.1) is 0 Å². The SMILES string of the molecule is O=C(COc1ccc(Cl)c(F)c1)N1CCC2(CC1)C(=O)Nc1ccccc12. The molecule has 1 N–H and O–H groups in total. The lowest BCUT2D eigenvalue weighted by Gasteiger charge is -2.37. The Morgan fingerprint density at radius 1 is 1.22 bits per heavy atom. The van der Waals surface area contributed by atoms with Crippen LogP contribution in [0.3, 0.4) is 0 Å². The van der Waals surface area contributed by atoms with Gasteiger partial charge in [0.1, 0.15) is 11.6 Å². The number of nitrogens with zero attached hydrogens (tertiary/aromatic N) is 1. The van der Waals surface area contributed by atoms with Gasteiger partial charge in [0.2, 0.25) is 5.91 Å². The summed E-state index contributed by atoms with van der Waals surface area (Å²) in [5, 5.41) is 2.95. The summed E-state index contributed by atoms with van der Waals surface area (Å²) in [6.07, 6.45) is 1.13. The second-order valence-electron chi connectivity index (χ2n) is 6.83. The summed E-state index contributed by atoms with van der Waals surface area (Å²) in [6, 6.07) is 11.8. The summed E-state index contributed by atoms with van der Waals surface area (Å²) in [7, 11) is 0. The number of ether oxygens (including phenoxy) is 1. The number of carbonyl (C=O) groups is 2. The van der Waals surface area contributed by atoms with E-state index in [-0.39, 0.29) is 29.2 Å². The zero-order valence-electron chi connectivity index (χ0n) is 14.5. The largest absolute Gasteiger partial charge is 0.484 e. The summed E-state index contributed by atoms with van der Waals surface area (Å²) < 4.78 is 18.8. The molecule has 140 valence electrons. The fourth-order valence-corrected chi connectivity index (χ4v) is 3.93. The quantitative estimate of drug-likeness (QED) is 0.877. The molecule has 0 radical (unpaired) electrons. The lowest BCUT2D eigenvalue weighted by molar-refractivity contribution is -0.137. The van der Waals surface area contributed by atoms with Crippen molar-refractivity contribution in [2.45, 2.75) is 18.3 Å². The van der Waals surface area contributed by atoms with Gasteiger partial charge in [0.25, 0.3) is 5.91 Å². The van der Waals surface area contributed by atoms with E-state index in [1.165, 1.54) is 12.1 Å². The third-order valence-corrected chi connectivity index (χ3v) is 5.66. The van der Waals surface area contributed by atoms with E-state index in [4.69, 9.17) is 16.3 Å². The Morgan fingerprint density at radius 2 is 1.96 bits per heavy atom. The number of fused-ring (bicyclic) bond motifs is 2. The van der Waals surface area contributed by atoms with Crippen LogP contribution in [-0.2, 0) is 15.0 Å². The summed E-state index contributed by atoms with van der Waals surface area (Å²) in [5.74, 6) is -0.522. The fourth-order valence-electron chi connectivity index (χ4n) is 3.81. The number of halogens is 2. The van der Waals surface area contributed by atoms with E-state index in [1.54, 1.807) is 4.90 Å². The van der Waals surface area contributed by atoms with Crippen LogP contribution in [0.1, 0.15) is 18.4 Å². The highest BCUT2D eigenvalue weighted by Crippen LogP contribution is 2.44. The molecule has 0 bridgehead atoms. The smallest absolute Gasteiger partial charge is 0.260 e. The molecule has 0 saturated carbocycles. The minimum atomic E-state index is -0.590. The summed E-state index contributed by atoms with van der Waals surface area (Å²) >= 11 is 5.63. The first-order valence-corrected chi connectivity index (χ1v) is 9.14. The van der Waals surface area contributed by atoms with Gasteiger partial charge in [-0.05, 0) is 36.6 Å². The van der Waals surface area contributed by atoms with Crippen molar-refractivity contribution in [1.82, 2.24) is 4.90 Å². The maximum Gasteiger partial charge on any atom is 0.260 e. The molecule has 2 aliphatic rings. The zero-order chi connectivity index (χ0) is 19.0. The predicted octanol–water partition coefficient (Wildman–Crippen LogP) is 3.37. The van der Waals surface area contributed by atoms with Gasteiger partial charge in [-0.3, -0.25) is 9.59 Å². The predicted molar refractivity (Wildman–Crippen MR) is 99.5 cm³/mol. The summed E-state index contributed by atoms with van der Waals surface area (Å²) in [4.78, 5) is 26.7. The van der Waals surface area contributed by atoms with Crippen molar-refractivity contribution in [2.24, 2.45) is 0 Å². The standard InChI is InChI=1S/C20H18ClFN2O3/c21-15-6-5-13(11-16(15)22)27-12-18(25)24-9-7-20(8-10-24)14-3-1-2-4-17(14)23-19(20)26/h1-6,11H,7-10,12H2,(H,23,26). The second-order valence-corrected chi connectivity index (χ2v) is 7.23. The molecule has 2 aromatic carbocycles. The zero-order valence-corrected chi connectivity index (χ0v) is 15.3. The highest BCUT2D eigenvalue weighted by molar-refractivity contribution is 6.30. The van der Waals surface area contributed by atoms with Crippen LogP contribution in [0.2, 0.25) is 5.02 Å². The fraction of sp³-hybridized carbons (Fsp3) is 0.300. The van der Waals surface area contributed by atoms with Crippen LogP contribution in [0.5, 0.6) is 5.75 Å². The Bertz CT molecular complexity index is 910. The second kappa shape index (κ2) is 6.85. The van der Waals surface area contributed by atoms with Crippen LogP contribution >= 0.6 is 11.6 Å². The Kier molecular flexibility index (Phi) is 4.52.